The highest BCUT2D eigenvalue weighted by molar-refractivity contribution is 5.80. The minimum atomic E-state index is -4.95. The Morgan fingerprint density at radius 3 is 2.58 bits per heavy atom. The van der Waals surface area contributed by atoms with Gasteiger partial charge in [0.05, 0.1) is 6.04 Å². The molecular formula is C23H29F4N5O4. The van der Waals surface area contributed by atoms with Crippen molar-refractivity contribution < 1.29 is 36.7 Å². The molecule has 5 amide bonds. The van der Waals surface area contributed by atoms with Gasteiger partial charge < -0.3 is 30.5 Å². The van der Waals surface area contributed by atoms with Crippen molar-refractivity contribution in [3.8, 4) is 5.75 Å². The van der Waals surface area contributed by atoms with E-state index in [1.807, 2.05) is 0 Å². The molecule has 1 aliphatic carbocycles. The zero-order valence-electron chi connectivity index (χ0n) is 20.0. The summed E-state index contributed by atoms with van der Waals surface area (Å²) in [5, 5.41) is 8.11. The van der Waals surface area contributed by atoms with Crippen LogP contribution in [0.15, 0.2) is 12.1 Å². The number of urea groups is 2. The minimum Gasteiger partial charge on any atom is -0.405 e. The number of piperidine rings is 1. The van der Waals surface area contributed by atoms with Crippen molar-refractivity contribution in [1.82, 2.24) is 25.8 Å². The second-order valence-corrected chi connectivity index (χ2v) is 9.80. The highest BCUT2D eigenvalue weighted by atomic mass is 19.4. The molecule has 3 fully saturated rings. The third-order valence-corrected chi connectivity index (χ3v) is 6.89. The Labute approximate surface area is 205 Å². The van der Waals surface area contributed by atoms with E-state index in [0.29, 0.717) is 25.6 Å². The number of alkyl halides is 3. The molecule has 1 spiro atoms. The van der Waals surface area contributed by atoms with Gasteiger partial charge in [-0.3, -0.25) is 4.79 Å². The summed E-state index contributed by atoms with van der Waals surface area (Å²) < 4.78 is 55.9. The molecule has 36 heavy (non-hydrogen) atoms. The van der Waals surface area contributed by atoms with Crippen LogP contribution in [-0.4, -0.2) is 72.9 Å². The number of hydrogen-bond acceptors (Lipinski definition) is 4. The summed E-state index contributed by atoms with van der Waals surface area (Å²) in [7, 11) is 1.52. The second-order valence-electron chi connectivity index (χ2n) is 9.80. The highest BCUT2D eigenvalue weighted by Crippen LogP contribution is 2.41. The van der Waals surface area contributed by atoms with E-state index in [1.54, 1.807) is 9.80 Å². The van der Waals surface area contributed by atoms with Crippen molar-refractivity contribution in [1.29, 1.82) is 0 Å². The molecule has 4 rings (SSSR count). The van der Waals surface area contributed by atoms with Gasteiger partial charge in [-0.1, -0.05) is 0 Å². The number of likely N-dealkylation sites (tertiary alicyclic amines) is 1. The Balaban J connectivity index is 1.49. The average molecular weight is 516 g/mol. The molecular weight excluding hydrogens is 486 g/mol. The predicted molar refractivity (Wildman–Crippen MR) is 119 cm³/mol. The summed E-state index contributed by atoms with van der Waals surface area (Å²) >= 11 is 0. The molecule has 9 nitrogen and oxygen atoms in total. The number of ether oxygens (including phenoxy) is 1. The Kier molecular flexibility index (Phi) is 6.93. The third kappa shape index (κ3) is 5.76. The number of hydrogen-bond donors (Lipinski definition) is 3. The quantitative estimate of drug-likeness (QED) is 0.525. The molecule has 2 heterocycles. The summed E-state index contributed by atoms with van der Waals surface area (Å²) in [6, 6.07) is 0.701. The standard InChI is InChI=1S/C23H29F4N5O4/c1-13-5-14(17(24)6-18(13)36-23(25,26)27)9-29-21(35)32(15-3-4-15)16-7-22(8-19(33)30-11-22)12-31(10-16)20(34)28-2/h5-6,15-16H,3-4,7-12H2,1-2H3,(H,28,34)(H,29,35)(H,30,33)/t16-,22?/m1/s1. The minimum absolute atomic E-state index is 0.0174. The fraction of sp³-hybridized carbons (Fsp3) is 0.609. The number of aryl methyl sites for hydroxylation is 1. The van der Waals surface area contributed by atoms with Crippen molar-refractivity contribution in [3.05, 3.63) is 29.1 Å². The van der Waals surface area contributed by atoms with E-state index < -0.39 is 29.4 Å². The van der Waals surface area contributed by atoms with Crippen LogP contribution in [0.5, 0.6) is 5.75 Å². The van der Waals surface area contributed by atoms with Crippen molar-refractivity contribution in [2.24, 2.45) is 5.41 Å². The average Bonchev–Trinajstić information content (AvgIpc) is 3.56. The predicted octanol–water partition coefficient (Wildman–Crippen LogP) is 2.63. The number of rotatable bonds is 5. The van der Waals surface area contributed by atoms with Crippen LogP contribution >= 0.6 is 0 Å². The summed E-state index contributed by atoms with van der Waals surface area (Å²) in [5.74, 6) is -1.68. The summed E-state index contributed by atoms with van der Waals surface area (Å²) in [5.41, 5.74) is -0.396. The fourth-order valence-electron chi connectivity index (χ4n) is 5.20. The molecule has 1 unspecified atom stereocenters. The topological polar surface area (TPSA) is 103 Å². The molecule has 0 aromatic heterocycles. The van der Waals surface area contributed by atoms with E-state index in [9.17, 15) is 31.9 Å². The lowest BCUT2D eigenvalue weighted by Crippen LogP contribution is -2.61. The van der Waals surface area contributed by atoms with Gasteiger partial charge in [0.25, 0.3) is 0 Å². The van der Waals surface area contributed by atoms with Gasteiger partial charge in [0, 0.05) is 62.7 Å². The van der Waals surface area contributed by atoms with Crippen LogP contribution in [0.2, 0.25) is 0 Å². The maximum Gasteiger partial charge on any atom is 0.573 e. The molecule has 0 radical (unpaired) electrons. The van der Waals surface area contributed by atoms with E-state index in [-0.39, 0.29) is 54.7 Å². The van der Waals surface area contributed by atoms with Crippen LogP contribution < -0.4 is 20.7 Å². The Morgan fingerprint density at radius 2 is 2.00 bits per heavy atom. The molecule has 1 aromatic carbocycles. The van der Waals surface area contributed by atoms with E-state index >= 15 is 0 Å². The fourth-order valence-corrected chi connectivity index (χ4v) is 5.20. The first-order valence-corrected chi connectivity index (χ1v) is 11.7. The molecule has 2 aliphatic heterocycles. The summed E-state index contributed by atoms with van der Waals surface area (Å²) in [6.45, 7) is 2.20. The molecule has 2 atom stereocenters. The van der Waals surface area contributed by atoms with Crippen molar-refractivity contribution >= 4 is 18.0 Å². The zero-order chi connectivity index (χ0) is 26.3. The monoisotopic (exact) mass is 515 g/mol. The van der Waals surface area contributed by atoms with Crippen LogP contribution in [0, 0.1) is 18.2 Å². The summed E-state index contributed by atoms with van der Waals surface area (Å²) in [6.07, 6.45) is -2.60. The number of carbonyl (C=O) groups is 3. The lowest BCUT2D eigenvalue weighted by Gasteiger charge is -2.47. The lowest BCUT2D eigenvalue weighted by atomic mass is 9.76. The molecule has 0 bridgehead atoms. The van der Waals surface area contributed by atoms with Gasteiger partial charge in [0.1, 0.15) is 11.6 Å². The maximum atomic E-state index is 14.5. The van der Waals surface area contributed by atoms with Crippen LogP contribution in [-0.2, 0) is 11.3 Å². The largest absolute Gasteiger partial charge is 0.573 e. The van der Waals surface area contributed by atoms with Crippen LogP contribution in [0.4, 0.5) is 27.2 Å². The highest BCUT2D eigenvalue weighted by Gasteiger charge is 2.50. The molecule has 1 saturated carbocycles. The van der Waals surface area contributed by atoms with Crippen molar-refractivity contribution in [2.75, 3.05) is 26.7 Å². The number of nitrogens with zero attached hydrogens (tertiary/aromatic N) is 2. The first-order valence-electron chi connectivity index (χ1n) is 11.7. The van der Waals surface area contributed by atoms with Gasteiger partial charge in [-0.05, 0) is 37.8 Å². The number of halogens is 4. The number of benzene rings is 1. The Morgan fingerprint density at radius 1 is 1.28 bits per heavy atom. The molecule has 13 heteroatoms. The second kappa shape index (κ2) is 9.66. The Bertz CT molecular complexity index is 1050. The van der Waals surface area contributed by atoms with Gasteiger partial charge in [0.15, 0.2) is 0 Å². The smallest absolute Gasteiger partial charge is 0.405 e. The SMILES string of the molecule is CNC(=O)N1C[C@H](N(C(=O)NCc2cc(C)c(OC(F)(F)F)cc2F)C2CC2)CC2(CNC(=O)C2)C1. The van der Waals surface area contributed by atoms with Gasteiger partial charge in [-0.25, -0.2) is 14.0 Å². The van der Waals surface area contributed by atoms with E-state index in [4.69, 9.17) is 0 Å². The van der Waals surface area contributed by atoms with Gasteiger partial charge >= 0.3 is 18.4 Å². The van der Waals surface area contributed by atoms with Crippen LogP contribution in [0.25, 0.3) is 0 Å². The number of nitrogens with one attached hydrogen (secondary N) is 3. The lowest BCUT2D eigenvalue weighted by molar-refractivity contribution is -0.274. The maximum absolute atomic E-state index is 14.5. The number of amides is 5. The van der Waals surface area contributed by atoms with Crippen LogP contribution in [0.1, 0.15) is 36.8 Å². The third-order valence-electron chi connectivity index (χ3n) is 6.89. The Hall–Kier alpha value is -3.25. The van der Waals surface area contributed by atoms with Gasteiger partial charge in [-0.15, -0.1) is 13.2 Å². The molecule has 2 saturated heterocycles. The van der Waals surface area contributed by atoms with Crippen molar-refractivity contribution in [3.63, 3.8) is 0 Å². The van der Waals surface area contributed by atoms with Crippen LogP contribution in [0.3, 0.4) is 0 Å². The molecule has 198 valence electrons. The number of carbonyl (C=O) groups excluding carboxylic acids is 3. The molecule has 3 aliphatic rings. The van der Waals surface area contributed by atoms with Gasteiger partial charge in [0.2, 0.25) is 5.91 Å². The molecule has 3 N–H and O–H groups in total. The van der Waals surface area contributed by atoms with Crippen molar-refractivity contribution in [2.45, 2.75) is 57.6 Å². The summed E-state index contributed by atoms with van der Waals surface area (Å²) in [4.78, 5) is 41.0. The van der Waals surface area contributed by atoms with E-state index in [2.05, 4.69) is 20.7 Å². The van der Waals surface area contributed by atoms with Gasteiger partial charge in [-0.2, -0.15) is 0 Å². The zero-order valence-corrected chi connectivity index (χ0v) is 20.0. The molecule has 1 aromatic rings. The van der Waals surface area contributed by atoms with E-state index in [1.165, 1.54) is 20.0 Å². The first-order chi connectivity index (χ1) is 16.9. The van der Waals surface area contributed by atoms with E-state index in [0.717, 1.165) is 12.8 Å². The normalized spacial score (nSPS) is 23.9. The first kappa shape index (κ1) is 25.8.